The monoisotopic (exact) mass is 447 g/mol. The minimum absolute atomic E-state index is 0.00757. The number of benzene rings is 2. The quantitative estimate of drug-likeness (QED) is 0.421. The van der Waals surface area contributed by atoms with Gasteiger partial charge in [-0.2, -0.15) is 4.98 Å². The highest BCUT2D eigenvalue weighted by Crippen LogP contribution is 2.29. The molecule has 2 heterocycles. The number of para-hydroxylation sites is 1. The molecule has 32 heavy (non-hydrogen) atoms. The third-order valence-corrected chi connectivity index (χ3v) is 5.28. The Hall–Kier alpha value is -3.69. The number of carbonyl (C=O) groups is 1. The number of aromatic nitrogens is 4. The molecule has 0 aliphatic rings. The molecule has 0 saturated carbocycles. The van der Waals surface area contributed by atoms with E-state index in [9.17, 15) is 9.90 Å². The minimum Gasteiger partial charge on any atom is -0.477 e. The van der Waals surface area contributed by atoms with Crippen LogP contribution in [0.1, 0.15) is 17.4 Å². The van der Waals surface area contributed by atoms with Crippen LogP contribution in [0, 0.1) is 5.92 Å². The third kappa shape index (κ3) is 5.13. The highest BCUT2D eigenvalue weighted by atomic mass is 32.1. The zero-order chi connectivity index (χ0) is 22.3. The fraction of sp³-hybridized carbons (Fsp3) is 0.174. The van der Waals surface area contributed by atoms with Gasteiger partial charge >= 0.3 is 0 Å². The molecule has 2 aromatic carbocycles. The molecular weight excluding hydrogens is 426 g/mol. The van der Waals surface area contributed by atoms with Crippen molar-refractivity contribution in [2.75, 3.05) is 18.5 Å². The summed E-state index contributed by atoms with van der Waals surface area (Å²) in [5.41, 5.74) is 3.94. The van der Waals surface area contributed by atoms with Crippen LogP contribution in [0.2, 0.25) is 0 Å². The zero-order valence-corrected chi connectivity index (χ0v) is 18.1. The number of aliphatic hydroxyl groups excluding tert-OH is 1. The van der Waals surface area contributed by atoms with Gasteiger partial charge in [-0.25, -0.2) is 4.98 Å². The molecule has 0 radical (unpaired) electrons. The number of ether oxygens (including phenoxy) is 1. The second-order valence-electron chi connectivity index (χ2n) is 7.12. The molecule has 1 atom stereocenters. The van der Waals surface area contributed by atoms with E-state index in [0.29, 0.717) is 16.5 Å². The smallest absolute Gasteiger partial charge is 0.274 e. The first-order valence-corrected chi connectivity index (χ1v) is 10.9. The topological polar surface area (TPSA) is 110 Å². The number of aliphatic hydroxyl groups is 1. The van der Waals surface area contributed by atoms with E-state index in [4.69, 9.17) is 4.74 Å². The van der Waals surface area contributed by atoms with E-state index in [-0.39, 0.29) is 30.7 Å². The number of hydrogen-bond acceptors (Lipinski definition) is 8. The van der Waals surface area contributed by atoms with Crippen molar-refractivity contribution in [1.29, 1.82) is 0 Å². The maximum absolute atomic E-state index is 13.1. The van der Waals surface area contributed by atoms with E-state index in [2.05, 4.69) is 25.5 Å². The average molecular weight is 448 g/mol. The first kappa shape index (κ1) is 21.5. The van der Waals surface area contributed by atoms with Crippen LogP contribution in [-0.2, 0) is 0 Å². The summed E-state index contributed by atoms with van der Waals surface area (Å²) in [6.07, 6.45) is 0. The molecule has 2 aromatic heterocycles. The summed E-state index contributed by atoms with van der Waals surface area (Å²) in [5.74, 6) is 0.173. The predicted octanol–water partition coefficient (Wildman–Crippen LogP) is 3.92. The van der Waals surface area contributed by atoms with Gasteiger partial charge in [0.05, 0.1) is 12.3 Å². The van der Waals surface area contributed by atoms with Crippen molar-refractivity contribution >= 4 is 22.9 Å². The number of rotatable bonds is 8. The lowest BCUT2D eigenvalue weighted by atomic mass is 10.1. The van der Waals surface area contributed by atoms with E-state index in [0.717, 1.165) is 11.1 Å². The van der Waals surface area contributed by atoms with Crippen LogP contribution in [0.3, 0.4) is 0 Å². The Bertz CT molecular complexity index is 1190. The van der Waals surface area contributed by atoms with Gasteiger partial charge in [-0.3, -0.25) is 4.79 Å². The first-order valence-electron chi connectivity index (χ1n) is 9.99. The Morgan fingerprint density at radius 2 is 1.91 bits per heavy atom. The number of nitrogens with zero attached hydrogens (tertiary/aromatic N) is 4. The van der Waals surface area contributed by atoms with Crippen molar-refractivity contribution in [2.24, 2.45) is 5.92 Å². The second kappa shape index (κ2) is 10.1. The van der Waals surface area contributed by atoms with Crippen LogP contribution < -0.4 is 10.1 Å². The molecule has 0 fully saturated rings. The highest BCUT2D eigenvalue weighted by Gasteiger charge is 2.17. The van der Waals surface area contributed by atoms with Crippen molar-refractivity contribution in [2.45, 2.75) is 6.92 Å². The van der Waals surface area contributed by atoms with Crippen LogP contribution in [0.4, 0.5) is 5.69 Å². The van der Waals surface area contributed by atoms with Crippen LogP contribution >= 0.6 is 11.3 Å². The molecule has 1 unspecified atom stereocenters. The fourth-order valence-corrected chi connectivity index (χ4v) is 3.46. The lowest BCUT2D eigenvalue weighted by Crippen LogP contribution is -2.17. The summed E-state index contributed by atoms with van der Waals surface area (Å²) in [7, 11) is 0. The lowest BCUT2D eigenvalue weighted by Gasteiger charge is -2.13. The van der Waals surface area contributed by atoms with Crippen molar-refractivity contribution in [3.63, 3.8) is 0 Å². The van der Waals surface area contributed by atoms with E-state index in [1.807, 2.05) is 55.5 Å². The maximum atomic E-state index is 13.1. The Morgan fingerprint density at radius 3 is 2.66 bits per heavy atom. The first-order chi connectivity index (χ1) is 15.6. The van der Waals surface area contributed by atoms with Gasteiger partial charge in [-0.1, -0.05) is 60.7 Å². The van der Waals surface area contributed by atoms with Crippen LogP contribution in [0.25, 0.3) is 22.0 Å². The predicted molar refractivity (Wildman–Crippen MR) is 123 cm³/mol. The fourth-order valence-electron chi connectivity index (χ4n) is 2.87. The molecular formula is C23H21N5O3S. The van der Waals surface area contributed by atoms with Gasteiger partial charge in [0.25, 0.3) is 5.91 Å². The molecule has 4 rings (SSSR count). The minimum atomic E-state index is -0.401. The Balaban J connectivity index is 1.66. The van der Waals surface area contributed by atoms with E-state index < -0.39 is 5.91 Å². The number of nitrogens with one attached hydrogen (secondary N) is 1. The molecule has 9 heteroatoms. The molecule has 0 bridgehead atoms. The van der Waals surface area contributed by atoms with Crippen molar-refractivity contribution < 1.29 is 14.6 Å². The molecule has 0 aliphatic carbocycles. The average Bonchev–Trinajstić information content (AvgIpc) is 3.38. The summed E-state index contributed by atoms with van der Waals surface area (Å²) in [6, 6.07) is 18.2. The molecule has 1 amide bonds. The van der Waals surface area contributed by atoms with E-state index >= 15 is 0 Å². The molecule has 0 aliphatic heterocycles. The lowest BCUT2D eigenvalue weighted by molar-refractivity contribution is 0.102. The Morgan fingerprint density at radius 1 is 1.12 bits per heavy atom. The van der Waals surface area contributed by atoms with Crippen LogP contribution in [-0.4, -0.2) is 44.4 Å². The summed E-state index contributed by atoms with van der Waals surface area (Å²) >= 11 is 1.39. The Kier molecular flexibility index (Phi) is 6.78. The van der Waals surface area contributed by atoms with Gasteiger partial charge in [-0.15, -0.1) is 10.2 Å². The molecule has 0 spiro atoms. The molecule has 2 N–H and O–H groups in total. The van der Waals surface area contributed by atoms with Gasteiger partial charge in [0.15, 0.2) is 5.82 Å². The van der Waals surface area contributed by atoms with Gasteiger partial charge in [0.2, 0.25) is 5.88 Å². The van der Waals surface area contributed by atoms with Crippen LogP contribution in [0.5, 0.6) is 5.88 Å². The third-order valence-electron chi connectivity index (χ3n) is 4.56. The molecule has 162 valence electrons. The van der Waals surface area contributed by atoms with Gasteiger partial charge in [0, 0.05) is 29.7 Å². The number of anilines is 1. The summed E-state index contributed by atoms with van der Waals surface area (Å²) < 4.78 is 5.74. The van der Waals surface area contributed by atoms with Crippen LogP contribution in [0.15, 0.2) is 66.2 Å². The maximum Gasteiger partial charge on any atom is 0.274 e. The van der Waals surface area contributed by atoms with Gasteiger partial charge in [0.1, 0.15) is 16.2 Å². The highest BCUT2D eigenvalue weighted by molar-refractivity contribution is 7.12. The Labute approximate surface area is 189 Å². The largest absolute Gasteiger partial charge is 0.477 e. The normalized spacial score (nSPS) is 11.7. The van der Waals surface area contributed by atoms with Crippen molar-refractivity contribution in [1.82, 2.24) is 20.2 Å². The molecule has 8 nitrogen and oxygen atoms in total. The number of carbonyl (C=O) groups excluding carboxylic acids is 1. The van der Waals surface area contributed by atoms with Gasteiger partial charge in [-0.05, 0) is 12.1 Å². The van der Waals surface area contributed by atoms with Crippen molar-refractivity contribution in [3.8, 4) is 27.8 Å². The second-order valence-corrected chi connectivity index (χ2v) is 7.96. The summed E-state index contributed by atoms with van der Waals surface area (Å²) in [5, 5.41) is 20.9. The zero-order valence-electron chi connectivity index (χ0n) is 17.3. The molecule has 0 saturated heterocycles. The van der Waals surface area contributed by atoms with Gasteiger partial charge < -0.3 is 15.2 Å². The number of amides is 1. The van der Waals surface area contributed by atoms with E-state index in [1.165, 1.54) is 17.4 Å². The van der Waals surface area contributed by atoms with E-state index in [1.54, 1.807) is 11.6 Å². The summed E-state index contributed by atoms with van der Waals surface area (Å²) in [4.78, 5) is 22.0. The molecule has 4 aromatic rings. The summed E-state index contributed by atoms with van der Waals surface area (Å²) in [6.45, 7) is 2.12. The SMILES string of the molecule is CC(CO)COc1cc(C(=O)Nc2ccccc2-c2nncs2)nc(-c2ccccc2)n1. The van der Waals surface area contributed by atoms with Crippen molar-refractivity contribution in [3.05, 3.63) is 71.9 Å². The number of hydrogen-bond donors (Lipinski definition) is 2. The standard InChI is InChI=1S/C23H21N5O3S/c1-15(12-29)13-31-20-11-19(25-21(27-20)16-7-3-2-4-8-16)22(30)26-18-10-6-5-9-17(18)23-28-24-14-32-23/h2-11,14-15,29H,12-13H2,1H3,(H,26,30).